The van der Waals surface area contributed by atoms with Crippen LogP contribution in [0.3, 0.4) is 0 Å². The summed E-state index contributed by atoms with van der Waals surface area (Å²) in [6, 6.07) is 17.1. The number of rotatable bonds is 4. The zero-order valence-corrected chi connectivity index (χ0v) is 17.6. The molecule has 1 aliphatic heterocycles. The molecule has 3 aromatic rings. The molecule has 148 valence electrons. The molecule has 2 aromatic heterocycles. The number of amides is 1. The molecule has 0 radical (unpaired) electrons. The third-order valence-corrected chi connectivity index (χ3v) is 5.48. The van der Waals surface area contributed by atoms with Gasteiger partial charge in [-0.25, -0.2) is 4.98 Å². The van der Waals surface area contributed by atoms with Crippen molar-refractivity contribution in [1.29, 1.82) is 0 Å². The van der Waals surface area contributed by atoms with Crippen molar-refractivity contribution >= 4 is 39.3 Å². The minimum atomic E-state index is 0.0495. The summed E-state index contributed by atoms with van der Waals surface area (Å²) >= 11 is 3.46. The maximum absolute atomic E-state index is 12.7. The van der Waals surface area contributed by atoms with Crippen molar-refractivity contribution in [1.82, 2.24) is 20.1 Å². The number of hydrogen-bond donors (Lipinski definition) is 1. The van der Waals surface area contributed by atoms with E-state index in [0.717, 1.165) is 34.9 Å². The number of carbonyl (C=O) groups excluding carboxylic acids is 1. The Bertz CT molecular complexity index is 1000. The highest BCUT2D eigenvalue weighted by Gasteiger charge is 2.24. The summed E-state index contributed by atoms with van der Waals surface area (Å²) in [5.41, 5.74) is 1.63. The van der Waals surface area contributed by atoms with E-state index < -0.39 is 0 Å². The van der Waals surface area contributed by atoms with Crippen molar-refractivity contribution in [3.05, 3.63) is 70.3 Å². The number of halogens is 1. The summed E-state index contributed by atoms with van der Waals surface area (Å²) < 4.78 is 0.824. The second-order valence-electron chi connectivity index (χ2n) is 6.83. The number of pyridine rings is 1. The number of aryl methyl sites for hydroxylation is 1. The van der Waals surface area contributed by atoms with E-state index in [2.05, 4.69) is 41.3 Å². The van der Waals surface area contributed by atoms with Crippen LogP contribution < -0.4 is 10.2 Å². The molecule has 0 atom stereocenters. The second-order valence-corrected chi connectivity index (χ2v) is 7.68. The first-order valence-electron chi connectivity index (χ1n) is 9.43. The van der Waals surface area contributed by atoms with Gasteiger partial charge in [0, 0.05) is 36.3 Å². The Morgan fingerprint density at radius 2 is 1.72 bits per heavy atom. The van der Waals surface area contributed by atoms with Crippen LogP contribution in [-0.4, -0.2) is 52.2 Å². The van der Waals surface area contributed by atoms with Crippen LogP contribution in [0.1, 0.15) is 16.1 Å². The summed E-state index contributed by atoms with van der Waals surface area (Å²) in [7, 11) is 0. The van der Waals surface area contributed by atoms with E-state index >= 15 is 0 Å². The third kappa shape index (κ3) is 4.54. The number of anilines is 3. The summed E-state index contributed by atoms with van der Waals surface area (Å²) in [5.74, 6) is 2.25. The SMILES string of the molecule is Cc1cccc(Nc2ccc(N3CCN(C(=O)c4ccccc4Br)CC3)nn2)n1. The van der Waals surface area contributed by atoms with Gasteiger partial charge in [0.1, 0.15) is 5.82 Å². The molecule has 7 nitrogen and oxygen atoms in total. The topological polar surface area (TPSA) is 74.2 Å². The van der Waals surface area contributed by atoms with Crippen LogP contribution in [0.15, 0.2) is 59.1 Å². The van der Waals surface area contributed by atoms with E-state index in [9.17, 15) is 4.79 Å². The maximum atomic E-state index is 12.7. The normalized spacial score (nSPS) is 14.0. The summed E-state index contributed by atoms with van der Waals surface area (Å²) in [6.07, 6.45) is 0. The average Bonchev–Trinajstić information content (AvgIpc) is 2.74. The summed E-state index contributed by atoms with van der Waals surface area (Å²) in [6.45, 7) is 4.68. The van der Waals surface area contributed by atoms with Gasteiger partial charge >= 0.3 is 0 Å². The highest BCUT2D eigenvalue weighted by Crippen LogP contribution is 2.20. The number of nitrogens with one attached hydrogen (secondary N) is 1. The number of piperazine rings is 1. The Morgan fingerprint density at radius 1 is 0.931 bits per heavy atom. The molecule has 1 aromatic carbocycles. The predicted molar refractivity (Wildman–Crippen MR) is 117 cm³/mol. The molecule has 1 amide bonds. The van der Waals surface area contributed by atoms with E-state index in [-0.39, 0.29) is 5.91 Å². The van der Waals surface area contributed by atoms with E-state index in [1.165, 1.54) is 0 Å². The number of aromatic nitrogens is 3. The molecule has 1 N–H and O–H groups in total. The molecule has 1 aliphatic rings. The summed E-state index contributed by atoms with van der Waals surface area (Å²) in [4.78, 5) is 21.2. The molecule has 1 saturated heterocycles. The van der Waals surface area contributed by atoms with Crippen molar-refractivity contribution in [2.45, 2.75) is 6.92 Å². The molecule has 0 saturated carbocycles. The minimum absolute atomic E-state index is 0.0495. The van der Waals surface area contributed by atoms with E-state index in [1.807, 2.05) is 66.4 Å². The van der Waals surface area contributed by atoms with Crippen LogP contribution in [-0.2, 0) is 0 Å². The highest BCUT2D eigenvalue weighted by atomic mass is 79.9. The second kappa shape index (κ2) is 8.57. The highest BCUT2D eigenvalue weighted by molar-refractivity contribution is 9.10. The number of hydrogen-bond acceptors (Lipinski definition) is 6. The van der Waals surface area contributed by atoms with Crippen molar-refractivity contribution in [2.24, 2.45) is 0 Å². The first-order valence-corrected chi connectivity index (χ1v) is 10.2. The van der Waals surface area contributed by atoms with Gasteiger partial charge in [0.25, 0.3) is 5.91 Å². The quantitative estimate of drug-likeness (QED) is 0.650. The van der Waals surface area contributed by atoms with Gasteiger partial charge in [-0.15, -0.1) is 10.2 Å². The lowest BCUT2D eigenvalue weighted by molar-refractivity contribution is 0.0745. The van der Waals surface area contributed by atoms with Gasteiger partial charge in [0.05, 0.1) is 5.56 Å². The van der Waals surface area contributed by atoms with Crippen molar-refractivity contribution in [3.63, 3.8) is 0 Å². The zero-order chi connectivity index (χ0) is 20.2. The van der Waals surface area contributed by atoms with Crippen LogP contribution >= 0.6 is 15.9 Å². The van der Waals surface area contributed by atoms with Crippen LogP contribution in [0, 0.1) is 6.92 Å². The Kier molecular flexibility index (Phi) is 5.71. The third-order valence-electron chi connectivity index (χ3n) is 4.79. The van der Waals surface area contributed by atoms with Crippen LogP contribution in [0.2, 0.25) is 0 Å². The molecule has 3 heterocycles. The molecule has 1 fully saturated rings. The van der Waals surface area contributed by atoms with Gasteiger partial charge in [-0.3, -0.25) is 4.79 Å². The van der Waals surface area contributed by atoms with Gasteiger partial charge in [0.15, 0.2) is 11.6 Å². The lowest BCUT2D eigenvalue weighted by Gasteiger charge is -2.35. The predicted octanol–water partition coefficient (Wildman–Crippen LogP) is 3.65. The number of carbonyl (C=O) groups is 1. The number of nitrogens with zero attached hydrogens (tertiary/aromatic N) is 5. The van der Waals surface area contributed by atoms with E-state index in [0.29, 0.717) is 24.5 Å². The fourth-order valence-electron chi connectivity index (χ4n) is 3.25. The largest absolute Gasteiger partial charge is 0.352 e. The molecule has 4 rings (SSSR count). The minimum Gasteiger partial charge on any atom is -0.352 e. The zero-order valence-electron chi connectivity index (χ0n) is 16.0. The average molecular weight is 453 g/mol. The molecule has 29 heavy (non-hydrogen) atoms. The van der Waals surface area contributed by atoms with E-state index in [1.54, 1.807) is 0 Å². The molecule has 0 unspecified atom stereocenters. The van der Waals surface area contributed by atoms with E-state index in [4.69, 9.17) is 0 Å². The fourth-order valence-corrected chi connectivity index (χ4v) is 3.70. The monoisotopic (exact) mass is 452 g/mol. The Morgan fingerprint density at radius 3 is 2.41 bits per heavy atom. The van der Waals surface area contributed by atoms with Gasteiger partial charge in [-0.1, -0.05) is 18.2 Å². The standard InChI is InChI=1S/C21H21BrN6O/c1-15-5-4-8-18(23-15)24-19-9-10-20(26-25-19)27-11-13-28(14-12-27)21(29)16-6-2-3-7-17(16)22/h2-10H,11-14H2,1H3,(H,23,24,25). The number of benzene rings is 1. The van der Waals surface area contributed by atoms with Gasteiger partial charge in [-0.2, -0.15) is 0 Å². The van der Waals surface area contributed by atoms with Gasteiger partial charge < -0.3 is 15.1 Å². The smallest absolute Gasteiger partial charge is 0.255 e. The lowest BCUT2D eigenvalue weighted by atomic mass is 10.2. The van der Waals surface area contributed by atoms with Crippen LogP contribution in [0.5, 0.6) is 0 Å². The van der Waals surface area contributed by atoms with Crippen molar-refractivity contribution in [3.8, 4) is 0 Å². The first-order chi connectivity index (χ1) is 14.1. The van der Waals surface area contributed by atoms with Crippen LogP contribution in [0.25, 0.3) is 0 Å². The molecule has 0 aliphatic carbocycles. The van der Waals surface area contributed by atoms with Crippen molar-refractivity contribution in [2.75, 3.05) is 36.4 Å². The van der Waals surface area contributed by atoms with Gasteiger partial charge in [-0.05, 0) is 59.3 Å². The van der Waals surface area contributed by atoms with Gasteiger partial charge in [0.2, 0.25) is 0 Å². The first kappa shape index (κ1) is 19.3. The molecule has 8 heteroatoms. The maximum Gasteiger partial charge on any atom is 0.255 e. The fraction of sp³-hybridized carbons (Fsp3) is 0.238. The molecule has 0 spiro atoms. The molecule has 0 bridgehead atoms. The molecular formula is C21H21BrN6O. The summed E-state index contributed by atoms with van der Waals surface area (Å²) in [5, 5.41) is 11.8. The Hall–Kier alpha value is -3.00. The van der Waals surface area contributed by atoms with Crippen LogP contribution in [0.4, 0.5) is 17.5 Å². The van der Waals surface area contributed by atoms with Crippen molar-refractivity contribution < 1.29 is 4.79 Å². The molecular weight excluding hydrogens is 432 g/mol. The Labute approximate surface area is 177 Å². The Balaban J connectivity index is 1.36. The lowest BCUT2D eigenvalue weighted by Crippen LogP contribution is -2.49.